The molecule has 102 valence electrons. The number of nitrogens with one attached hydrogen (secondary N) is 1. The molecule has 19 heavy (non-hydrogen) atoms. The van der Waals surface area contributed by atoms with Crippen LogP contribution in [-0.4, -0.2) is 29.9 Å². The van der Waals surface area contributed by atoms with Gasteiger partial charge in [0.2, 0.25) is 5.91 Å². The molecule has 0 aliphatic carbocycles. The molecule has 0 unspecified atom stereocenters. The van der Waals surface area contributed by atoms with Crippen LogP contribution in [0, 0.1) is 5.92 Å². The lowest BCUT2D eigenvalue weighted by Crippen LogP contribution is -2.47. The average Bonchev–Trinajstić information content (AvgIpc) is 2.46. The molecule has 0 spiro atoms. The van der Waals surface area contributed by atoms with Crippen LogP contribution in [0.4, 0.5) is 4.79 Å². The van der Waals surface area contributed by atoms with E-state index in [4.69, 9.17) is 5.73 Å². The fraction of sp³-hybridized carbons (Fsp3) is 0.429. The normalized spacial score (nSPS) is 18.9. The van der Waals surface area contributed by atoms with Crippen molar-refractivity contribution in [3.05, 3.63) is 35.9 Å². The third kappa shape index (κ3) is 3.71. The van der Waals surface area contributed by atoms with Crippen molar-refractivity contribution in [1.82, 2.24) is 10.2 Å². The lowest BCUT2D eigenvalue weighted by Gasteiger charge is -2.30. The fourth-order valence-corrected chi connectivity index (χ4v) is 2.32. The Morgan fingerprint density at radius 1 is 1.32 bits per heavy atom. The van der Waals surface area contributed by atoms with Crippen molar-refractivity contribution < 1.29 is 9.59 Å². The topological polar surface area (TPSA) is 75.4 Å². The van der Waals surface area contributed by atoms with E-state index in [2.05, 4.69) is 5.32 Å². The molecule has 1 aromatic carbocycles. The molecule has 5 nitrogen and oxygen atoms in total. The van der Waals surface area contributed by atoms with Crippen molar-refractivity contribution in [1.29, 1.82) is 0 Å². The van der Waals surface area contributed by atoms with Crippen molar-refractivity contribution in [2.75, 3.05) is 13.1 Å². The van der Waals surface area contributed by atoms with E-state index in [1.807, 2.05) is 30.3 Å². The highest BCUT2D eigenvalue weighted by Crippen LogP contribution is 2.16. The van der Waals surface area contributed by atoms with Crippen LogP contribution in [0.15, 0.2) is 30.3 Å². The number of urea groups is 1. The molecule has 0 saturated carbocycles. The molecule has 3 amide bonds. The van der Waals surface area contributed by atoms with Gasteiger partial charge in [-0.15, -0.1) is 0 Å². The summed E-state index contributed by atoms with van der Waals surface area (Å²) in [6.45, 7) is 1.60. The number of hydrogen-bond acceptors (Lipinski definition) is 2. The van der Waals surface area contributed by atoms with Crippen molar-refractivity contribution >= 4 is 11.9 Å². The number of nitrogens with two attached hydrogens (primary N) is 1. The van der Waals surface area contributed by atoms with Crippen molar-refractivity contribution in [2.24, 2.45) is 11.7 Å². The number of likely N-dealkylation sites (tertiary alicyclic amines) is 1. The minimum absolute atomic E-state index is 0.00481. The van der Waals surface area contributed by atoms with Crippen molar-refractivity contribution in [2.45, 2.75) is 19.4 Å². The summed E-state index contributed by atoms with van der Waals surface area (Å²) in [6, 6.07) is 9.32. The number of hydrogen-bond donors (Lipinski definition) is 2. The Morgan fingerprint density at radius 2 is 2.05 bits per heavy atom. The van der Waals surface area contributed by atoms with E-state index in [-0.39, 0.29) is 11.8 Å². The summed E-state index contributed by atoms with van der Waals surface area (Å²) in [4.78, 5) is 24.7. The first-order valence-corrected chi connectivity index (χ1v) is 6.53. The summed E-state index contributed by atoms with van der Waals surface area (Å²) >= 11 is 0. The monoisotopic (exact) mass is 261 g/mol. The molecule has 1 aliphatic rings. The summed E-state index contributed by atoms with van der Waals surface area (Å²) in [5.74, 6) is -0.153. The van der Waals surface area contributed by atoms with E-state index in [9.17, 15) is 9.59 Å². The molecule has 0 aromatic heterocycles. The van der Waals surface area contributed by atoms with Crippen LogP contribution in [0.5, 0.6) is 0 Å². The van der Waals surface area contributed by atoms with Gasteiger partial charge in [-0.05, 0) is 18.4 Å². The molecule has 5 heteroatoms. The van der Waals surface area contributed by atoms with Crippen LogP contribution in [0.3, 0.4) is 0 Å². The fourth-order valence-electron chi connectivity index (χ4n) is 2.32. The molecular formula is C14H19N3O2. The van der Waals surface area contributed by atoms with Gasteiger partial charge in [-0.25, -0.2) is 4.79 Å². The van der Waals surface area contributed by atoms with Gasteiger partial charge in [-0.2, -0.15) is 0 Å². The van der Waals surface area contributed by atoms with Gasteiger partial charge in [-0.3, -0.25) is 4.79 Å². The van der Waals surface area contributed by atoms with Crippen molar-refractivity contribution in [3.8, 4) is 0 Å². The van der Waals surface area contributed by atoms with Gasteiger partial charge in [0, 0.05) is 19.6 Å². The smallest absolute Gasteiger partial charge is 0.314 e. The van der Waals surface area contributed by atoms with Crippen molar-refractivity contribution in [3.63, 3.8) is 0 Å². The molecule has 0 bridgehead atoms. The van der Waals surface area contributed by atoms with Gasteiger partial charge in [0.25, 0.3) is 0 Å². The lowest BCUT2D eigenvalue weighted by atomic mass is 9.97. The van der Waals surface area contributed by atoms with Crippen LogP contribution < -0.4 is 11.1 Å². The third-order valence-electron chi connectivity index (χ3n) is 3.41. The maximum Gasteiger partial charge on any atom is 0.314 e. The maximum atomic E-state index is 12.0. The summed E-state index contributed by atoms with van der Waals surface area (Å²) in [5.41, 5.74) is 6.32. The lowest BCUT2D eigenvalue weighted by molar-refractivity contribution is -0.126. The number of rotatable bonds is 3. The van der Waals surface area contributed by atoms with Gasteiger partial charge in [0.15, 0.2) is 0 Å². The number of primary amides is 1. The first kappa shape index (κ1) is 13.4. The highest BCUT2D eigenvalue weighted by Gasteiger charge is 2.27. The zero-order chi connectivity index (χ0) is 13.7. The largest absolute Gasteiger partial charge is 0.352 e. The second-order valence-electron chi connectivity index (χ2n) is 4.83. The molecule has 0 radical (unpaired) electrons. The van der Waals surface area contributed by atoms with E-state index in [1.54, 1.807) is 0 Å². The number of carbonyl (C=O) groups excluding carboxylic acids is 2. The standard InChI is InChI=1S/C14H19N3O2/c15-14(19)17-8-4-7-12(10-17)13(18)16-9-11-5-2-1-3-6-11/h1-3,5-6,12H,4,7-10H2,(H2,15,19)(H,16,18)/t12-/m1/s1. The molecule has 1 saturated heterocycles. The van der Waals surface area contributed by atoms with E-state index in [0.29, 0.717) is 19.6 Å². The number of piperidine rings is 1. The van der Waals surface area contributed by atoms with Gasteiger partial charge >= 0.3 is 6.03 Å². The Hall–Kier alpha value is -2.04. The Bertz CT molecular complexity index is 447. The van der Waals surface area contributed by atoms with Crippen LogP contribution in [0.2, 0.25) is 0 Å². The molecule has 1 aliphatic heterocycles. The molecule has 2 rings (SSSR count). The van der Waals surface area contributed by atoms with E-state index in [0.717, 1.165) is 18.4 Å². The highest BCUT2D eigenvalue weighted by molar-refractivity contribution is 5.80. The Kier molecular flexibility index (Phi) is 4.39. The number of amides is 3. The summed E-state index contributed by atoms with van der Waals surface area (Å²) in [5, 5.41) is 2.91. The molecule has 1 fully saturated rings. The predicted octanol–water partition coefficient (Wildman–Crippen LogP) is 1.09. The second-order valence-corrected chi connectivity index (χ2v) is 4.83. The summed E-state index contributed by atoms with van der Waals surface area (Å²) in [6.07, 6.45) is 1.64. The van der Waals surface area contributed by atoms with Gasteiger partial charge < -0.3 is 16.0 Å². The first-order chi connectivity index (χ1) is 9.16. The number of nitrogens with zero attached hydrogens (tertiary/aromatic N) is 1. The molecule has 1 atom stereocenters. The minimum Gasteiger partial charge on any atom is -0.352 e. The van der Waals surface area contributed by atoms with E-state index >= 15 is 0 Å². The first-order valence-electron chi connectivity index (χ1n) is 6.53. The Morgan fingerprint density at radius 3 is 2.74 bits per heavy atom. The van der Waals surface area contributed by atoms with E-state index < -0.39 is 6.03 Å². The zero-order valence-electron chi connectivity index (χ0n) is 10.8. The van der Waals surface area contributed by atoms with Gasteiger partial charge in [0.05, 0.1) is 5.92 Å². The maximum absolute atomic E-state index is 12.0. The molecule has 1 heterocycles. The summed E-state index contributed by atoms with van der Waals surface area (Å²) in [7, 11) is 0. The van der Waals surface area contributed by atoms with Crippen LogP contribution in [0.1, 0.15) is 18.4 Å². The quantitative estimate of drug-likeness (QED) is 0.854. The molecular weight excluding hydrogens is 242 g/mol. The number of carbonyl (C=O) groups is 2. The SMILES string of the molecule is NC(=O)N1CCC[C@@H](C(=O)NCc2ccccc2)C1. The molecule has 1 aromatic rings. The Balaban J connectivity index is 1.84. The third-order valence-corrected chi connectivity index (χ3v) is 3.41. The second kappa shape index (κ2) is 6.22. The zero-order valence-corrected chi connectivity index (χ0v) is 10.8. The molecule has 3 N–H and O–H groups in total. The summed E-state index contributed by atoms with van der Waals surface area (Å²) < 4.78 is 0. The highest BCUT2D eigenvalue weighted by atomic mass is 16.2. The van der Waals surface area contributed by atoms with Gasteiger partial charge in [-0.1, -0.05) is 30.3 Å². The van der Waals surface area contributed by atoms with Crippen LogP contribution in [-0.2, 0) is 11.3 Å². The van der Waals surface area contributed by atoms with Gasteiger partial charge in [0.1, 0.15) is 0 Å². The van der Waals surface area contributed by atoms with Crippen LogP contribution in [0.25, 0.3) is 0 Å². The average molecular weight is 261 g/mol. The van der Waals surface area contributed by atoms with Crippen LogP contribution >= 0.6 is 0 Å². The van der Waals surface area contributed by atoms with E-state index in [1.165, 1.54) is 4.90 Å². The minimum atomic E-state index is -0.444. The Labute approximate surface area is 112 Å². The number of benzene rings is 1. The predicted molar refractivity (Wildman–Crippen MR) is 72.2 cm³/mol.